The zero-order valence-corrected chi connectivity index (χ0v) is 14.1. The fraction of sp³-hybridized carbons (Fsp3) is 0.211. The van der Waals surface area contributed by atoms with Crippen molar-refractivity contribution >= 4 is 17.0 Å². The molecule has 0 radical (unpaired) electrons. The molecule has 2 aromatic heterocycles. The molecule has 0 fully saturated rings. The number of hydrogen-bond donors (Lipinski definition) is 2. The highest BCUT2D eigenvalue weighted by molar-refractivity contribution is 5.85. The van der Waals surface area contributed by atoms with Crippen molar-refractivity contribution in [1.29, 1.82) is 0 Å². The van der Waals surface area contributed by atoms with E-state index in [4.69, 9.17) is 5.73 Å². The Kier molecular flexibility index (Phi) is 3.71. The highest BCUT2D eigenvalue weighted by Crippen LogP contribution is 2.26. The second kappa shape index (κ2) is 5.93. The molecule has 6 nitrogen and oxygen atoms in total. The molecular formula is C19H16FN5O. The third kappa shape index (κ3) is 2.80. The first-order chi connectivity index (χ1) is 12.5. The minimum atomic E-state index is -1.15. The minimum Gasteiger partial charge on any atom is -0.382 e. The van der Waals surface area contributed by atoms with Gasteiger partial charge in [0, 0.05) is 12.6 Å². The molecule has 1 aliphatic rings. The summed E-state index contributed by atoms with van der Waals surface area (Å²) in [6, 6.07) is 6.14. The van der Waals surface area contributed by atoms with E-state index in [2.05, 4.69) is 26.8 Å². The van der Waals surface area contributed by atoms with Gasteiger partial charge in [-0.05, 0) is 37.0 Å². The molecule has 7 heteroatoms. The number of aryl methyl sites for hydroxylation is 1. The van der Waals surface area contributed by atoms with E-state index in [0.717, 1.165) is 6.42 Å². The van der Waals surface area contributed by atoms with Crippen molar-refractivity contribution in [2.75, 3.05) is 5.73 Å². The molecule has 4 rings (SSSR count). The number of aromatic nitrogens is 4. The monoisotopic (exact) mass is 349 g/mol. The Morgan fingerprint density at radius 3 is 2.88 bits per heavy atom. The lowest BCUT2D eigenvalue weighted by Gasteiger charge is -2.10. The van der Waals surface area contributed by atoms with Gasteiger partial charge in [0.05, 0.1) is 0 Å². The molecule has 0 spiro atoms. The SMILES string of the molecule is Cn1c(-c2cccc(F)c2)nc2c(N)nc(C#CC3(O)C=CCC3)nc21. The number of anilines is 1. The van der Waals surface area contributed by atoms with E-state index >= 15 is 0 Å². The van der Waals surface area contributed by atoms with Gasteiger partial charge in [-0.2, -0.15) is 0 Å². The van der Waals surface area contributed by atoms with Gasteiger partial charge in [-0.3, -0.25) is 0 Å². The van der Waals surface area contributed by atoms with E-state index in [9.17, 15) is 9.50 Å². The Morgan fingerprint density at radius 1 is 1.31 bits per heavy atom. The van der Waals surface area contributed by atoms with Crippen molar-refractivity contribution < 1.29 is 9.50 Å². The summed E-state index contributed by atoms with van der Waals surface area (Å²) in [6.45, 7) is 0. The maximum atomic E-state index is 13.5. The van der Waals surface area contributed by atoms with Crippen LogP contribution in [0.3, 0.4) is 0 Å². The van der Waals surface area contributed by atoms with Crippen LogP contribution in [-0.2, 0) is 7.05 Å². The number of aliphatic hydroxyl groups is 1. The van der Waals surface area contributed by atoms with Crippen LogP contribution in [0, 0.1) is 17.7 Å². The fourth-order valence-corrected chi connectivity index (χ4v) is 2.96. The molecule has 1 aliphatic carbocycles. The summed E-state index contributed by atoms with van der Waals surface area (Å²) in [5.74, 6) is 6.16. The van der Waals surface area contributed by atoms with E-state index < -0.39 is 5.60 Å². The number of imidazole rings is 1. The zero-order chi connectivity index (χ0) is 18.3. The predicted molar refractivity (Wildman–Crippen MR) is 96.3 cm³/mol. The van der Waals surface area contributed by atoms with Crippen LogP contribution in [0.2, 0.25) is 0 Å². The molecule has 3 N–H and O–H groups in total. The summed E-state index contributed by atoms with van der Waals surface area (Å²) in [6.07, 6.45) is 4.90. The van der Waals surface area contributed by atoms with Crippen molar-refractivity contribution in [3.63, 3.8) is 0 Å². The predicted octanol–water partition coefficient (Wildman–Crippen LogP) is 2.18. The van der Waals surface area contributed by atoms with E-state index in [0.29, 0.717) is 29.0 Å². The number of benzene rings is 1. The summed E-state index contributed by atoms with van der Waals surface area (Å²) in [5.41, 5.74) is 6.41. The molecule has 0 saturated heterocycles. The zero-order valence-electron chi connectivity index (χ0n) is 14.1. The minimum absolute atomic E-state index is 0.187. The molecule has 3 aromatic rings. The third-order valence-corrected chi connectivity index (χ3v) is 4.30. The third-order valence-electron chi connectivity index (χ3n) is 4.30. The Hall–Kier alpha value is -3.24. The number of rotatable bonds is 1. The van der Waals surface area contributed by atoms with Crippen molar-refractivity contribution in [2.45, 2.75) is 18.4 Å². The van der Waals surface area contributed by atoms with Crippen LogP contribution in [0.1, 0.15) is 18.7 Å². The summed E-state index contributed by atoms with van der Waals surface area (Å²) >= 11 is 0. The van der Waals surface area contributed by atoms with Gasteiger partial charge in [0.25, 0.3) is 0 Å². The number of nitrogens with zero attached hydrogens (tertiary/aromatic N) is 4. The van der Waals surface area contributed by atoms with Gasteiger partial charge in [-0.15, -0.1) is 0 Å². The molecular weight excluding hydrogens is 333 g/mol. The molecule has 26 heavy (non-hydrogen) atoms. The van der Waals surface area contributed by atoms with Crippen molar-refractivity contribution in [1.82, 2.24) is 19.5 Å². The molecule has 130 valence electrons. The normalized spacial score (nSPS) is 18.9. The largest absolute Gasteiger partial charge is 0.382 e. The molecule has 1 aromatic carbocycles. The van der Waals surface area contributed by atoms with Gasteiger partial charge in [-0.25, -0.2) is 19.3 Å². The maximum absolute atomic E-state index is 13.5. The molecule has 2 heterocycles. The maximum Gasteiger partial charge on any atom is 0.209 e. The fourth-order valence-electron chi connectivity index (χ4n) is 2.96. The van der Waals surface area contributed by atoms with Gasteiger partial charge in [0.2, 0.25) is 5.82 Å². The lowest BCUT2D eigenvalue weighted by molar-refractivity contribution is 0.153. The van der Waals surface area contributed by atoms with E-state index in [-0.39, 0.29) is 17.5 Å². The first-order valence-electron chi connectivity index (χ1n) is 8.14. The summed E-state index contributed by atoms with van der Waals surface area (Å²) in [7, 11) is 1.77. The van der Waals surface area contributed by atoms with Crippen molar-refractivity contribution in [3.8, 4) is 23.2 Å². The summed E-state index contributed by atoms with van der Waals surface area (Å²) < 4.78 is 15.3. The lowest BCUT2D eigenvalue weighted by atomic mass is 10.1. The average molecular weight is 349 g/mol. The van der Waals surface area contributed by atoms with E-state index in [1.807, 2.05) is 6.08 Å². The molecule has 0 amide bonds. The quantitative estimate of drug-likeness (QED) is 0.519. The van der Waals surface area contributed by atoms with E-state index in [1.54, 1.807) is 29.8 Å². The van der Waals surface area contributed by atoms with Crippen LogP contribution in [0.15, 0.2) is 36.4 Å². The average Bonchev–Trinajstić information content (AvgIpc) is 3.18. The lowest BCUT2D eigenvalue weighted by Crippen LogP contribution is -2.19. The summed E-state index contributed by atoms with van der Waals surface area (Å²) in [4.78, 5) is 13.0. The van der Waals surface area contributed by atoms with Gasteiger partial charge >= 0.3 is 0 Å². The Bertz CT molecular complexity index is 1110. The van der Waals surface area contributed by atoms with Crippen molar-refractivity contribution in [2.24, 2.45) is 7.05 Å². The summed E-state index contributed by atoms with van der Waals surface area (Å²) in [5, 5.41) is 10.3. The number of allylic oxidation sites excluding steroid dienone is 1. The Morgan fingerprint density at radius 2 is 2.15 bits per heavy atom. The number of nitrogens with two attached hydrogens (primary N) is 1. The number of fused-ring (bicyclic) bond motifs is 1. The topological polar surface area (TPSA) is 89.9 Å². The highest BCUT2D eigenvalue weighted by atomic mass is 19.1. The molecule has 0 aliphatic heterocycles. The molecule has 1 unspecified atom stereocenters. The van der Waals surface area contributed by atoms with Gasteiger partial charge in [-0.1, -0.05) is 24.1 Å². The first kappa shape index (κ1) is 16.2. The van der Waals surface area contributed by atoms with Crippen LogP contribution in [-0.4, -0.2) is 30.2 Å². The van der Waals surface area contributed by atoms with Gasteiger partial charge in [0.1, 0.15) is 17.2 Å². The van der Waals surface area contributed by atoms with Gasteiger partial charge < -0.3 is 15.4 Å². The smallest absolute Gasteiger partial charge is 0.209 e. The van der Waals surface area contributed by atoms with Crippen LogP contribution in [0.5, 0.6) is 0 Å². The number of hydrogen-bond acceptors (Lipinski definition) is 5. The van der Waals surface area contributed by atoms with Gasteiger partial charge in [0.15, 0.2) is 17.0 Å². The van der Waals surface area contributed by atoms with Crippen LogP contribution in [0.25, 0.3) is 22.6 Å². The number of nitrogen functional groups attached to an aromatic ring is 1. The standard InChI is InChI=1S/C19H16FN5O/c1-25-17(12-5-4-6-13(20)11-12)24-15-16(21)22-14(23-18(15)25)7-10-19(26)8-2-3-9-19/h2,4-6,8,11,26H,3,9H2,1H3,(H2,21,22,23). The Labute approximate surface area is 149 Å². The van der Waals surface area contributed by atoms with Crippen LogP contribution >= 0.6 is 0 Å². The first-order valence-corrected chi connectivity index (χ1v) is 8.14. The number of halogens is 1. The van der Waals surface area contributed by atoms with Crippen LogP contribution < -0.4 is 5.73 Å². The Balaban J connectivity index is 1.81. The molecule has 0 bridgehead atoms. The second-order valence-electron chi connectivity index (χ2n) is 6.22. The van der Waals surface area contributed by atoms with E-state index in [1.165, 1.54) is 12.1 Å². The molecule has 1 atom stereocenters. The second-order valence-corrected chi connectivity index (χ2v) is 6.22. The molecule has 0 saturated carbocycles. The van der Waals surface area contributed by atoms with Crippen LogP contribution in [0.4, 0.5) is 10.2 Å². The van der Waals surface area contributed by atoms with Crippen molar-refractivity contribution in [3.05, 3.63) is 48.1 Å². The highest BCUT2D eigenvalue weighted by Gasteiger charge is 2.23.